The van der Waals surface area contributed by atoms with Gasteiger partial charge in [-0.05, 0) is 42.0 Å². The molecule has 2 aromatic carbocycles. The van der Waals surface area contributed by atoms with Crippen molar-refractivity contribution < 1.29 is 9.84 Å². The third-order valence-electron chi connectivity index (χ3n) is 3.52. The molecule has 0 saturated heterocycles. The number of ether oxygens (including phenoxy) is 1. The second-order valence-electron chi connectivity index (χ2n) is 5.13. The first-order valence-electron chi connectivity index (χ1n) is 6.78. The molecule has 0 radical (unpaired) electrons. The molecule has 19 heavy (non-hydrogen) atoms. The fraction of sp³-hybridized carbons (Fsp3) is 0.294. The second-order valence-corrected chi connectivity index (χ2v) is 5.13. The van der Waals surface area contributed by atoms with Crippen molar-refractivity contribution in [2.75, 3.05) is 0 Å². The molecule has 0 spiro atoms. The molecule has 1 unspecified atom stereocenters. The van der Waals surface area contributed by atoms with Gasteiger partial charge in [0.05, 0.1) is 6.10 Å². The molecule has 98 valence electrons. The van der Waals surface area contributed by atoms with Gasteiger partial charge in [0.25, 0.3) is 0 Å². The van der Waals surface area contributed by atoms with Gasteiger partial charge in [0.15, 0.2) is 0 Å². The van der Waals surface area contributed by atoms with Crippen molar-refractivity contribution in [3.05, 3.63) is 65.7 Å². The van der Waals surface area contributed by atoms with Crippen LogP contribution in [0.1, 0.15) is 30.1 Å². The molecule has 2 nitrogen and oxygen atoms in total. The van der Waals surface area contributed by atoms with E-state index in [0.717, 1.165) is 29.7 Å². The normalized spacial score (nSPS) is 16.1. The predicted octanol–water partition coefficient (Wildman–Crippen LogP) is 3.71. The highest BCUT2D eigenvalue weighted by Crippen LogP contribution is 2.41. The number of benzene rings is 2. The van der Waals surface area contributed by atoms with E-state index in [1.165, 1.54) is 0 Å². The van der Waals surface area contributed by atoms with Crippen LogP contribution < -0.4 is 4.74 Å². The van der Waals surface area contributed by atoms with Crippen molar-refractivity contribution in [3.63, 3.8) is 0 Å². The molecule has 1 atom stereocenters. The highest BCUT2D eigenvalue weighted by Gasteiger charge is 2.30. The summed E-state index contributed by atoms with van der Waals surface area (Å²) in [5.74, 6) is 1.27. The third-order valence-corrected chi connectivity index (χ3v) is 3.52. The Hall–Kier alpha value is -1.80. The van der Waals surface area contributed by atoms with Crippen molar-refractivity contribution in [1.29, 1.82) is 0 Å². The molecule has 1 N–H and O–H groups in total. The van der Waals surface area contributed by atoms with Gasteiger partial charge in [-0.25, -0.2) is 0 Å². The smallest absolute Gasteiger partial charge is 0.120 e. The zero-order valence-corrected chi connectivity index (χ0v) is 10.8. The highest BCUT2D eigenvalue weighted by atomic mass is 16.5. The summed E-state index contributed by atoms with van der Waals surface area (Å²) in [7, 11) is 0. The van der Waals surface area contributed by atoms with E-state index in [4.69, 9.17) is 4.74 Å². The zero-order valence-electron chi connectivity index (χ0n) is 10.8. The predicted molar refractivity (Wildman–Crippen MR) is 74.9 cm³/mol. The van der Waals surface area contributed by atoms with E-state index in [0.29, 0.717) is 12.5 Å². The summed E-state index contributed by atoms with van der Waals surface area (Å²) in [6.45, 7) is 0.559. The fourth-order valence-corrected chi connectivity index (χ4v) is 2.21. The first-order valence-corrected chi connectivity index (χ1v) is 6.78. The molecule has 1 aliphatic rings. The van der Waals surface area contributed by atoms with Crippen LogP contribution in [0.2, 0.25) is 0 Å². The molecule has 0 heterocycles. The molecule has 0 amide bonds. The molecular formula is C17H18O2. The summed E-state index contributed by atoms with van der Waals surface area (Å²) in [5.41, 5.74) is 2.11. The molecule has 0 aliphatic heterocycles. The van der Waals surface area contributed by atoms with Gasteiger partial charge in [-0.15, -0.1) is 0 Å². The van der Waals surface area contributed by atoms with Gasteiger partial charge in [0.1, 0.15) is 12.4 Å². The van der Waals surface area contributed by atoms with Crippen LogP contribution in [0.3, 0.4) is 0 Å². The molecular weight excluding hydrogens is 236 g/mol. The van der Waals surface area contributed by atoms with Crippen LogP contribution in [0, 0.1) is 5.92 Å². The topological polar surface area (TPSA) is 29.5 Å². The molecule has 3 rings (SSSR count). The van der Waals surface area contributed by atoms with Crippen molar-refractivity contribution in [1.82, 2.24) is 0 Å². The van der Waals surface area contributed by atoms with E-state index in [2.05, 4.69) is 0 Å². The van der Waals surface area contributed by atoms with Gasteiger partial charge in [-0.1, -0.05) is 42.5 Å². The minimum Gasteiger partial charge on any atom is -0.489 e. The van der Waals surface area contributed by atoms with Crippen LogP contribution in [-0.4, -0.2) is 5.11 Å². The quantitative estimate of drug-likeness (QED) is 0.881. The first kappa shape index (κ1) is 12.2. The van der Waals surface area contributed by atoms with Crippen molar-refractivity contribution >= 4 is 0 Å². The Balaban J connectivity index is 1.66. The van der Waals surface area contributed by atoms with E-state index in [-0.39, 0.29) is 6.10 Å². The lowest BCUT2D eigenvalue weighted by Gasteiger charge is -2.12. The largest absolute Gasteiger partial charge is 0.489 e. The van der Waals surface area contributed by atoms with E-state index in [1.807, 2.05) is 54.6 Å². The average Bonchev–Trinajstić information content (AvgIpc) is 3.30. The maximum Gasteiger partial charge on any atom is 0.120 e. The van der Waals surface area contributed by atoms with Crippen LogP contribution in [0.15, 0.2) is 54.6 Å². The Morgan fingerprint density at radius 3 is 2.58 bits per heavy atom. The van der Waals surface area contributed by atoms with E-state index < -0.39 is 0 Å². The number of hydrogen-bond acceptors (Lipinski definition) is 2. The lowest BCUT2D eigenvalue weighted by Crippen LogP contribution is -2.01. The first-order chi connectivity index (χ1) is 9.33. The van der Waals surface area contributed by atoms with Crippen LogP contribution in [0.25, 0.3) is 0 Å². The summed E-state index contributed by atoms with van der Waals surface area (Å²) in [6, 6.07) is 17.9. The second kappa shape index (κ2) is 5.45. The summed E-state index contributed by atoms with van der Waals surface area (Å²) < 4.78 is 5.77. The number of aliphatic hydroxyl groups is 1. The van der Waals surface area contributed by atoms with E-state index in [9.17, 15) is 5.11 Å². The zero-order chi connectivity index (χ0) is 13.1. The molecule has 2 aromatic rings. The van der Waals surface area contributed by atoms with Crippen molar-refractivity contribution in [2.45, 2.75) is 25.6 Å². The van der Waals surface area contributed by atoms with Gasteiger partial charge in [-0.3, -0.25) is 0 Å². The molecule has 1 fully saturated rings. The lowest BCUT2D eigenvalue weighted by atomic mass is 10.1. The third kappa shape index (κ3) is 3.15. The average molecular weight is 254 g/mol. The van der Waals surface area contributed by atoms with Gasteiger partial charge < -0.3 is 9.84 Å². The number of rotatable bonds is 5. The Bertz CT molecular complexity index is 532. The standard InChI is InChI=1S/C17H18O2/c18-17(14-9-10-14)15-7-4-8-16(11-15)19-12-13-5-2-1-3-6-13/h1-8,11,14,17-18H,9-10,12H2. The van der Waals surface area contributed by atoms with Gasteiger partial charge in [-0.2, -0.15) is 0 Å². The fourth-order valence-electron chi connectivity index (χ4n) is 2.21. The van der Waals surface area contributed by atoms with Crippen LogP contribution in [0.5, 0.6) is 5.75 Å². The molecule has 2 heteroatoms. The van der Waals surface area contributed by atoms with E-state index >= 15 is 0 Å². The maximum atomic E-state index is 10.1. The summed E-state index contributed by atoms with van der Waals surface area (Å²) in [6.07, 6.45) is 1.94. The molecule has 1 aliphatic carbocycles. The van der Waals surface area contributed by atoms with E-state index in [1.54, 1.807) is 0 Å². The lowest BCUT2D eigenvalue weighted by molar-refractivity contribution is 0.153. The summed E-state index contributed by atoms with van der Waals surface area (Å²) in [5, 5.41) is 10.1. The molecule has 1 saturated carbocycles. The molecule has 0 bridgehead atoms. The van der Waals surface area contributed by atoms with Gasteiger partial charge in [0, 0.05) is 0 Å². The highest BCUT2D eigenvalue weighted by molar-refractivity contribution is 5.31. The Morgan fingerprint density at radius 1 is 1.05 bits per heavy atom. The SMILES string of the molecule is OC(c1cccc(OCc2ccccc2)c1)C1CC1. The van der Waals surface area contributed by atoms with Crippen molar-refractivity contribution in [2.24, 2.45) is 5.92 Å². The molecule has 0 aromatic heterocycles. The Kier molecular flexibility index (Phi) is 3.51. The minimum atomic E-state index is -0.333. The van der Waals surface area contributed by atoms with Crippen LogP contribution in [-0.2, 0) is 6.61 Å². The summed E-state index contributed by atoms with van der Waals surface area (Å²) >= 11 is 0. The van der Waals surface area contributed by atoms with Crippen LogP contribution in [0.4, 0.5) is 0 Å². The van der Waals surface area contributed by atoms with Crippen molar-refractivity contribution in [3.8, 4) is 5.75 Å². The maximum absolute atomic E-state index is 10.1. The Morgan fingerprint density at radius 2 is 1.84 bits per heavy atom. The van der Waals surface area contributed by atoms with Gasteiger partial charge in [0.2, 0.25) is 0 Å². The Labute approximate surface area is 113 Å². The number of aliphatic hydroxyl groups excluding tert-OH is 1. The number of hydrogen-bond donors (Lipinski definition) is 1. The van der Waals surface area contributed by atoms with Crippen LogP contribution >= 0.6 is 0 Å². The monoisotopic (exact) mass is 254 g/mol. The minimum absolute atomic E-state index is 0.333. The van der Waals surface area contributed by atoms with Gasteiger partial charge >= 0.3 is 0 Å². The summed E-state index contributed by atoms with van der Waals surface area (Å²) in [4.78, 5) is 0.